The lowest BCUT2D eigenvalue weighted by molar-refractivity contribution is -0.119. The van der Waals surface area contributed by atoms with Gasteiger partial charge >= 0.3 is 0 Å². The highest BCUT2D eigenvalue weighted by atomic mass is 16.2. The molecule has 2 rings (SSSR count). The number of carbonyl (C=O) groups excluding carboxylic acids is 1. The Labute approximate surface area is 134 Å². The Morgan fingerprint density at radius 3 is 2.82 bits per heavy atom. The van der Waals surface area contributed by atoms with Crippen LogP contribution in [0.3, 0.4) is 0 Å². The third-order valence-corrected chi connectivity index (χ3v) is 4.33. The van der Waals surface area contributed by atoms with Gasteiger partial charge in [0.1, 0.15) is 0 Å². The van der Waals surface area contributed by atoms with Gasteiger partial charge in [0.05, 0.1) is 6.54 Å². The van der Waals surface area contributed by atoms with Crippen molar-refractivity contribution >= 4 is 11.6 Å². The van der Waals surface area contributed by atoms with Crippen molar-refractivity contribution in [3.8, 4) is 0 Å². The molecular weight excluding hydrogens is 274 g/mol. The summed E-state index contributed by atoms with van der Waals surface area (Å²) in [5.74, 6) is 0.897. The third-order valence-electron chi connectivity index (χ3n) is 4.33. The van der Waals surface area contributed by atoms with Crippen LogP contribution in [0.5, 0.6) is 0 Å². The molecule has 1 aliphatic heterocycles. The maximum absolute atomic E-state index is 12.1. The minimum Gasteiger partial charge on any atom is -0.363 e. The normalized spacial score (nSPS) is 18.9. The molecule has 1 aromatic carbocycles. The highest BCUT2D eigenvalue weighted by Gasteiger charge is 2.16. The molecule has 1 saturated heterocycles. The molecule has 22 heavy (non-hydrogen) atoms. The van der Waals surface area contributed by atoms with Crippen LogP contribution in [0, 0.1) is 5.92 Å². The van der Waals surface area contributed by atoms with Gasteiger partial charge in [0.15, 0.2) is 0 Å². The van der Waals surface area contributed by atoms with Crippen LogP contribution in [0.2, 0.25) is 0 Å². The van der Waals surface area contributed by atoms with E-state index in [1.165, 1.54) is 25.9 Å². The summed E-state index contributed by atoms with van der Waals surface area (Å²) in [6, 6.07) is 10.1. The summed E-state index contributed by atoms with van der Waals surface area (Å²) in [6.07, 6.45) is 2.62. The molecule has 1 heterocycles. The number of amides is 1. The number of piperidine rings is 1. The molecule has 1 unspecified atom stereocenters. The zero-order chi connectivity index (χ0) is 15.8. The van der Waals surface area contributed by atoms with Gasteiger partial charge in [-0.1, -0.05) is 25.1 Å². The Kier molecular flexibility index (Phi) is 6.72. The first-order valence-corrected chi connectivity index (χ1v) is 8.48. The van der Waals surface area contributed by atoms with E-state index in [-0.39, 0.29) is 5.91 Å². The largest absolute Gasteiger partial charge is 0.363 e. The molecule has 0 bridgehead atoms. The van der Waals surface area contributed by atoms with Crippen molar-refractivity contribution in [2.75, 3.05) is 44.2 Å². The van der Waals surface area contributed by atoms with E-state index < -0.39 is 0 Å². The molecule has 122 valence electrons. The van der Waals surface area contributed by atoms with E-state index >= 15 is 0 Å². The van der Waals surface area contributed by atoms with Crippen molar-refractivity contribution in [2.45, 2.75) is 26.7 Å². The monoisotopic (exact) mass is 303 g/mol. The molecular formula is C18H29N3O. The van der Waals surface area contributed by atoms with E-state index in [2.05, 4.69) is 29.0 Å². The molecule has 1 fully saturated rings. The predicted octanol–water partition coefficient (Wildman–Crippen LogP) is 2.36. The number of anilines is 1. The maximum atomic E-state index is 12.1. The molecule has 0 saturated carbocycles. The van der Waals surface area contributed by atoms with Crippen LogP contribution in [-0.4, -0.2) is 50.1 Å². The Bertz CT molecular complexity index is 449. The van der Waals surface area contributed by atoms with E-state index in [1.54, 1.807) is 0 Å². The minimum atomic E-state index is 0.107. The molecule has 1 atom stereocenters. The fourth-order valence-electron chi connectivity index (χ4n) is 3.10. The summed E-state index contributed by atoms with van der Waals surface area (Å²) in [5.41, 5.74) is 1.10. The number of para-hydroxylation sites is 1. The highest BCUT2D eigenvalue weighted by molar-refractivity contribution is 5.81. The lowest BCUT2D eigenvalue weighted by Crippen LogP contribution is -2.43. The molecule has 4 nitrogen and oxygen atoms in total. The van der Waals surface area contributed by atoms with Crippen LogP contribution >= 0.6 is 0 Å². The fourth-order valence-corrected chi connectivity index (χ4v) is 3.10. The first kappa shape index (κ1) is 16.8. The number of hydrogen-bond donors (Lipinski definition) is 1. The van der Waals surface area contributed by atoms with Crippen LogP contribution in [0.15, 0.2) is 30.3 Å². The average molecular weight is 303 g/mol. The van der Waals surface area contributed by atoms with Crippen molar-refractivity contribution in [3.05, 3.63) is 30.3 Å². The van der Waals surface area contributed by atoms with Crippen molar-refractivity contribution in [1.82, 2.24) is 10.2 Å². The van der Waals surface area contributed by atoms with E-state index in [9.17, 15) is 4.79 Å². The molecule has 0 aliphatic carbocycles. The van der Waals surface area contributed by atoms with Gasteiger partial charge in [-0.2, -0.15) is 0 Å². The predicted molar refractivity (Wildman–Crippen MR) is 92.2 cm³/mol. The van der Waals surface area contributed by atoms with Gasteiger partial charge < -0.3 is 15.1 Å². The number of likely N-dealkylation sites (N-methyl/N-ethyl adjacent to an activating group) is 1. The molecule has 1 aliphatic rings. The minimum absolute atomic E-state index is 0.107. The molecule has 1 aromatic rings. The lowest BCUT2D eigenvalue weighted by Gasteiger charge is -2.30. The van der Waals surface area contributed by atoms with Crippen LogP contribution in [-0.2, 0) is 4.79 Å². The first-order chi connectivity index (χ1) is 10.7. The SMILES string of the molecule is CCN(CC(=O)NCCN1CCCC(C)C1)c1ccccc1. The summed E-state index contributed by atoms with van der Waals surface area (Å²) in [7, 11) is 0. The van der Waals surface area contributed by atoms with Gasteiger partial charge in [0.25, 0.3) is 0 Å². The molecule has 1 amide bonds. The smallest absolute Gasteiger partial charge is 0.239 e. The molecule has 4 heteroatoms. The highest BCUT2D eigenvalue weighted by Crippen LogP contribution is 2.14. The Morgan fingerprint density at radius 2 is 2.14 bits per heavy atom. The van der Waals surface area contributed by atoms with Gasteiger partial charge in [-0.25, -0.2) is 0 Å². The third kappa shape index (κ3) is 5.34. The van der Waals surface area contributed by atoms with E-state index in [4.69, 9.17) is 0 Å². The first-order valence-electron chi connectivity index (χ1n) is 8.48. The van der Waals surface area contributed by atoms with Crippen LogP contribution in [0.25, 0.3) is 0 Å². The van der Waals surface area contributed by atoms with E-state index in [1.807, 2.05) is 30.3 Å². The number of nitrogens with zero attached hydrogens (tertiary/aromatic N) is 2. The Balaban J connectivity index is 1.70. The molecule has 0 aromatic heterocycles. The van der Waals surface area contributed by atoms with Crippen molar-refractivity contribution < 1.29 is 4.79 Å². The second-order valence-corrected chi connectivity index (χ2v) is 6.25. The van der Waals surface area contributed by atoms with Gasteiger partial charge in [-0.3, -0.25) is 4.79 Å². The standard InChI is InChI=1S/C18H29N3O/c1-3-21(17-9-5-4-6-10-17)15-18(22)19-11-13-20-12-7-8-16(2)14-20/h4-6,9-10,16H,3,7-8,11-15H2,1-2H3,(H,19,22). The van der Waals surface area contributed by atoms with E-state index in [0.29, 0.717) is 6.54 Å². The number of nitrogens with one attached hydrogen (secondary N) is 1. The Morgan fingerprint density at radius 1 is 1.36 bits per heavy atom. The second-order valence-electron chi connectivity index (χ2n) is 6.25. The van der Waals surface area contributed by atoms with Crippen LogP contribution in [0.1, 0.15) is 26.7 Å². The molecule has 1 N–H and O–H groups in total. The maximum Gasteiger partial charge on any atom is 0.239 e. The number of benzene rings is 1. The zero-order valence-corrected chi connectivity index (χ0v) is 13.9. The molecule has 0 spiro atoms. The number of rotatable bonds is 7. The summed E-state index contributed by atoms with van der Waals surface area (Å²) in [6.45, 7) is 9.70. The zero-order valence-electron chi connectivity index (χ0n) is 13.9. The van der Waals surface area contributed by atoms with Crippen molar-refractivity contribution in [1.29, 1.82) is 0 Å². The average Bonchev–Trinajstić information content (AvgIpc) is 2.53. The van der Waals surface area contributed by atoms with E-state index in [0.717, 1.165) is 31.2 Å². The summed E-state index contributed by atoms with van der Waals surface area (Å²) >= 11 is 0. The summed E-state index contributed by atoms with van der Waals surface area (Å²) < 4.78 is 0. The number of carbonyl (C=O) groups is 1. The topological polar surface area (TPSA) is 35.6 Å². The van der Waals surface area contributed by atoms with Gasteiger partial charge in [0, 0.05) is 31.9 Å². The number of hydrogen-bond acceptors (Lipinski definition) is 3. The van der Waals surface area contributed by atoms with Crippen LogP contribution in [0.4, 0.5) is 5.69 Å². The van der Waals surface area contributed by atoms with Crippen LogP contribution < -0.4 is 10.2 Å². The van der Waals surface area contributed by atoms with Crippen molar-refractivity contribution in [2.24, 2.45) is 5.92 Å². The van der Waals surface area contributed by atoms with Gasteiger partial charge in [-0.15, -0.1) is 0 Å². The number of likely N-dealkylation sites (tertiary alicyclic amines) is 1. The fraction of sp³-hybridized carbons (Fsp3) is 0.611. The Hall–Kier alpha value is -1.55. The lowest BCUT2D eigenvalue weighted by atomic mass is 10.0. The second kappa shape index (κ2) is 8.79. The van der Waals surface area contributed by atoms with Gasteiger partial charge in [-0.05, 0) is 44.4 Å². The summed E-state index contributed by atoms with van der Waals surface area (Å²) in [4.78, 5) is 16.7. The van der Waals surface area contributed by atoms with Gasteiger partial charge in [0.2, 0.25) is 5.91 Å². The van der Waals surface area contributed by atoms with Crippen molar-refractivity contribution in [3.63, 3.8) is 0 Å². The quantitative estimate of drug-likeness (QED) is 0.840. The molecule has 0 radical (unpaired) electrons. The summed E-state index contributed by atoms with van der Waals surface area (Å²) in [5, 5.41) is 3.06.